The first-order chi connectivity index (χ1) is 9.38. The van der Waals surface area contributed by atoms with Crippen LogP contribution in [0, 0.1) is 21.7 Å². The molecular formula is C11H6BrF2N3O3. The van der Waals surface area contributed by atoms with Gasteiger partial charge in [-0.05, 0) is 22.0 Å². The maximum Gasteiger partial charge on any atom is 0.307 e. The Bertz CT molecular complexity index is 697. The number of ether oxygens (including phenoxy) is 1. The summed E-state index contributed by atoms with van der Waals surface area (Å²) in [4.78, 5) is 13.2. The molecule has 0 atom stereocenters. The Balaban J connectivity index is 2.39. The van der Waals surface area contributed by atoms with Crippen molar-refractivity contribution in [1.29, 1.82) is 0 Å². The van der Waals surface area contributed by atoms with Gasteiger partial charge in [-0.15, -0.1) is 0 Å². The van der Waals surface area contributed by atoms with Gasteiger partial charge in [-0.3, -0.25) is 10.1 Å². The van der Waals surface area contributed by atoms with E-state index >= 15 is 0 Å². The molecule has 0 saturated carbocycles. The zero-order chi connectivity index (χ0) is 14.9. The molecule has 1 heterocycles. The summed E-state index contributed by atoms with van der Waals surface area (Å²) in [7, 11) is 0. The van der Waals surface area contributed by atoms with Crippen LogP contribution in [0.5, 0.6) is 11.6 Å². The lowest BCUT2D eigenvalue weighted by atomic mass is 10.3. The molecule has 0 aliphatic carbocycles. The molecule has 0 amide bonds. The second kappa shape index (κ2) is 5.37. The van der Waals surface area contributed by atoms with Crippen molar-refractivity contribution in [3.8, 4) is 11.6 Å². The summed E-state index contributed by atoms with van der Waals surface area (Å²) in [6.45, 7) is 0. The summed E-state index contributed by atoms with van der Waals surface area (Å²) in [5.74, 6) is -2.86. The summed E-state index contributed by atoms with van der Waals surface area (Å²) in [5.41, 5.74) is 4.84. The van der Waals surface area contributed by atoms with Crippen molar-refractivity contribution in [2.24, 2.45) is 0 Å². The second-order valence-electron chi connectivity index (χ2n) is 3.65. The fourth-order valence-electron chi connectivity index (χ4n) is 1.36. The van der Waals surface area contributed by atoms with E-state index in [1.807, 2.05) is 0 Å². The van der Waals surface area contributed by atoms with E-state index in [0.29, 0.717) is 22.3 Å². The van der Waals surface area contributed by atoms with E-state index in [-0.39, 0.29) is 5.88 Å². The van der Waals surface area contributed by atoms with E-state index in [4.69, 9.17) is 10.5 Å². The Kier molecular flexibility index (Phi) is 3.79. The monoisotopic (exact) mass is 345 g/mol. The molecule has 0 radical (unpaired) electrons. The van der Waals surface area contributed by atoms with Crippen LogP contribution in [-0.4, -0.2) is 9.91 Å². The number of hydrogen-bond donors (Lipinski definition) is 1. The van der Waals surface area contributed by atoms with Crippen molar-refractivity contribution >= 4 is 27.3 Å². The van der Waals surface area contributed by atoms with Crippen molar-refractivity contribution in [2.45, 2.75) is 0 Å². The molecule has 0 bridgehead atoms. The lowest BCUT2D eigenvalue weighted by Gasteiger charge is -2.08. The highest BCUT2D eigenvalue weighted by Crippen LogP contribution is 2.32. The van der Waals surface area contributed by atoms with Gasteiger partial charge in [0.2, 0.25) is 11.7 Å². The van der Waals surface area contributed by atoms with Gasteiger partial charge < -0.3 is 10.5 Å². The molecule has 2 N–H and O–H groups in total. The van der Waals surface area contributed by atoms with Crippen LogP contribution in [0.3, 0.4) is 0 Å². The smallest absolute Gasteiger partial charge is 0.307 e. The fraction of sp³-hybridized carbons (Fsp3) is 0. The molecule has 0 unspecified atom stereocenters. The van der Waals surface area contributed by atoms with Crippen LogP contribution >= 0.6 is 15.9 Å². The topological polar surface area (TPSA) is 91.3 Å². The number of aromatic nitrogens is 1. The van der Waals surface area contributed by atoms with Gasteiger partial charge in [0, 0.05) is 6.07 Å². The number of nitro groups is 1. The highest BCUT2D eigenvalue weighted by molar-refractivity contribution is 9.10. The van der Waals surface area contributed by atoms with E-state index in [2.05, 4.69) is 20.9 Å². The Labute approximate surface area is 119 Å². The van der Waals surface area contributed by atoms with Gasteiger partial charge in [-0.25, -0.2) is 9.37 Å². The summed E-state index contributed by atoms with van der Waals surface area (Å²) < 4.78 is 32.4. The van der Waals surface area contributed by atoms with Crippen molar-refractivity contribution in [3.63, 3.8) is 0 Å². The third kappa shape index (κ3) is 2.82. The number of nitrogens with zero attached hydrogens (tertiary/aromatic N) is 2. The highest BCUT2D eigenvalue weighted by Gasteiger charge is 2.20. The number of rotatable bonds is 3. The zero-order valence-electron chi connectivity index (χ0n) is 9.64. The summed E-state index contributed by atoms with van der Waals surface area (Å²) in [6, 6.07) is 2.48. The number of pyridine rings is 1. The van der Waals surface area contributed by atoms with E-state index in [0.717, 1.165) is 0 Å². The van der Waals surface area contributed by atoms with Crippen molar-refractivity contribution in [3.05, 3.63) is 50.6 Å². The Hall–Kier alpha value is -2.29. The molecule has 2 aromatic rings. The van der Waals surface area contributed by atoms with Crippen molar-refractivity contribution in [2.75, 3.05) is 5.73 Å². The van der Waals surface area contributed by atoms with Crippen LogP contribution in [0.1, 0.15) is 0 Å². The molecule has 6 nitrogen and oxygen atoms in total. The van der Waals surface area contributed by atoms with Gasteiger partial charge in [0.25, 0.3) is 0 Å². The Morgan fingerprint density at radius 3 is 2.60 bits per heavy atom. The fourth-order valence-corrected chi connectivity index (χ4v) is 1.80. The largest absolute Gasteiger partial charge is 0.435 e. The second-order valence-corrected chi connectivity index (χ2v) is 4.50. The third-order valence-electron chi connectivity index (χ3n) is 2.23. The summed E-state index contributed by atoms with van der Waals surface area (Å²) in [5, 5.41) is 10.5. The quantitative estimate of drug-likeness (QED) is 0.679. The molecule has 0 spiro atoms. The average Bonchev–Trinajstić information content (AvgIpc) is 2.36. The van der Waals surface area contributed by atoms with Crippen molar-refractivity contribution in [1.82, 2.24) is 4.98 Å². The molecular weight excluding hydrogens is 340 g/mol. The first kappa shape index (κ1) is 14.1. The van der Waals surface area contributed by atoms with E-state index in [1.165, 1.54) is 12.3 Å². The zero-order valence-corrected chi connectivity index (χ0v) is 11.2. The standard InChI is InChI=1S/C11H6BrF2N3O3/c12-6-1-5(15)4-16-11(6)20-10-3-7(13)9(17(18)19)2-8(10)14/h1-4H,15H2. The number of halogens is 3. The molecule has 1 aromatic heterocycles. The van der Waals surface area contributed by atoms with Crippen LogP contribution in [0.15, 0.2) is 28.9 Å². The number of nitrogen functional groups attached to an aromatic ring is 1. The SMILES string of the molecule is Nc1cnc(Oc2cc(F)c([N+](=O)[O-])cc2F)c(Br)c1. The number of benzene rings is 1. The molecule has 9 heteroatoms. The number of nitrogens with two attached hydrogens (primary N) is 1. The Morgan fingerprint density at radius 2 is 2.00 bits per heavy atom. The minimum absolute atomic E-state index is 0.0497. The predicted molar refractivity (Wildman–Crippen MR) is 69.4 cm³/mol. The summed E-state index contributed by atoms with van der Waals surface area (Å²) >= 11 is 3.09. The van der Waals surface area contributed by atoms with E-state index in [9.17, 15) is 18.9 Å². The van der Waals surface area contributed by atoms with Crippen LogP contribution in [-0.2, 0) is 0 Å². The van der Waals surface area contributed by atoms with Crippen LogP contribution in [0.2, 0.25) is 0 Å². The van der Waals surface area contributed by atoms with Gasteiger partial charge in [-0.2, -0.15) is 4.39 Å². The van der Waals surface area contributed by atoms with Gasteiger partial charge in [0.15, 0.2) is 11.6 Å². The average molecular weight is 346 g/mol. The highest BCUT2D eigenvalue weighted by atomic mass is 79.9. The normalized spacial score (nSPS) is 10.3. The predicted octanol–water partition coefficient (Wildman–Crippen LogP) is 3.41. The van der Waals surface area contributed by atoms with Gasteiger partial charge in [-0.1, -0.05) is 0 Å². The molecule has 0 aliphatic rings. The molecule has 2 rings (SSSR count). The maximum atomic E-state index is 13.6. The number of anilines is 1. The number of hydrogen-bond acceptors (Lipinski definition) is 5. The lowest BCUT2D eigenvalue weighted by Crippen LogP contribution is -1.98. The van der Waals surface area contributed by atoms with E-state index < -0.39 is 28.0 Å². The van der Waals surface area contributed by atoms with Crippen LogP contribution < -0.4 is 10.5 Å². The molecule has 1 aromatic carbocycles. The molecule has 104 valence electrons. The van der Waals surface area contributed by atoms with Gasteiger partial charge >= 0.3 is 5.69 Å². The first-order valence-corrected chi connectivity index (χ1v) is 5.90. The molecule has 0 fully saturated rings. The van der Waals surface area contributed by atoms with Crippen molar-refractivity contribution < 1.29 is 18.4 Å². The first-order valence-electron chi connectivity index (χ1n) is 5.11. The minimum atomic E-state index is -1.21. The van der Waals surface area contributed by atoms with Crippen LogP contribution in [0.4, 0.5) is 20.2 Å². The van der Waals surface area contributed by atoms with E-state index in [1.54, 1.807) is 0 Å². The lowest BCUT2D eigenvalue weighted by molar-refractivity contribution is -0.387. The third-order valence-corrected chi connectivity index (χ3v) is 2.80. The Morgan fingerprint density at radius 1 is 1.30 bits per heavy atom. The van der Waals surface area contributed by atoms with Gasteiger partial charge in [0.1, 0.15) is 0 Å². The van der Waals surface area contributed by atoms with Gasteiger partial charge in [0.05, 0.1) is 27.3 Å². The minimum Gasteiger partial charge on any atom is -0.435 e. The van der Waals surface area contributed by atoms with Crippen LogP contribution in [0.25, 0.3) is 0 Å². The molecule has 20 heavy (non-hydrogen) atoms. The summed E-state index contributed by atoms with van der Waals surface area (Å²) in [6.07, 6.45) is 1.26. The molecule has 0 aliphatic heterocycles. The maximum absolute atomic E-state index is 13.6. The number of nitro benzene ring substituents is 1. The molecule has 0 saturated heterocycles.